The quantitative estimate of drug-likeness (QED) is 0.506. The number of hydrogen-bond acceptors (Lipinski definition) is 4. The zero-order valence-electron chi connectivity index (χ0n) is 7.06. The van der Waals surface area contributed by atoms with Gasteiger partial charge in [0.2, 0.25) is 6.79 Å². The molecule has 1 aliphatic heterocycles. The van der Waals surface area contributed by atoms with Gasteiger partial charge in [0.15, 0.2) is 0 Å². The van der Waals surface area contributed by atoms with Crippen LogP contribution in [-0.4, -0.2) is 18.7 Å². The Morgan fingerprint density at radius 1 is 1.08 bits per heavy atom. The lowest BCUT2D eigenvalue weighted by Crippen LogP contribution is -2.26. The van der Waals surface area contributed by atoms with Crippen molar-refractivity contribution in [3.63, 3.8) is 0 Å². The molecule has 0 N–H and O–H groups in total. The van der Waals surface area contributed by atoms with Crippen LogP contribution in [-0.2, 0) is 19.1 Å². The molecule has 3 rings (SSSR count). The van der Waals surface area contributed by atoms with Gasteiger partial charge < -0.3 is 9.47 Å². The van der Waals surface area contributed by atoms with Gasteiger partial charge in [0.1, 0.15) is 0 Å². The van der Waals surface area contributed by atoms with E-state index in [1.54, 1.807) is 0 Å². The summed E-state index contributed by atoms with van der Waals surface area (Å²) in [4.78, 5) is 22.6. The summed E-state index contributed by atoms with van der Waals surface area (Å²) in [6, 6.07) is 0. The van der Waals surface area contributed by atoms with Gasteiger partial charge in [-0.1, -0.05) is 0 Å². The van der Waals surface area contributed by atoms with Crippen molar-refractivity contribution in [1.29, 1.82) is 0 Å². The van der Waals surface area contributed by atoms with Crippen LogP contribution in [0.4, 0.5) is 0 Å². The lowest BCUT2D eigenvalue weighted by Gasteiger charge is -2.16. The molecule has 0 spiro atoms. The van der Waals surface area contributed by atoms with Gasteiger partial charge in [-0.2, -0.15) is 0 Å². The van der Waals surface area contributed by atoms with E-state index in [0.29, 0.717) is 5.92 Å². The largest absolute Gasteiger partial charge is 0.428 e. The molecule has 0 aromatic rings. The topological polar surface area (TPSA) is 52.6 Å². The highest BCUT2D eigenvalue weighted by Gasteiger charge is 2.65. The van der Waals surface area contributed by atoms with Gasteiger partial charge in [0.25, 0.3) is 0 Å². The van der Waals surface area contributed by atoms with E-state index in [-0.39, 0.29) is 36.5 Å². The smallest absolute Gasteiger partial charge is 0.312 e. The highest BCUT2D eigenvalue weighted by molar-refractivity contribution is 5.82. The van der Waals surface area contributed by atoms with Crippen LogP contribution in [0.3, 0.4) is 0 Å². The first-order chi connectivity index (χ1) is 6.29. The SMILES string of the molecule is O=C1OCOC(=O)C2C3CCC1C32. The van der Waals surface area contributed by atoms with E-state index in [4.69, 9.17) is 9.47 Å². The molecule has 70 valence electrons. The number of rotatable bonds is 0. The Labute approximate surface area is 75.2 Å². The van der Waals surface area contributed by atoms with E-state index >= 15 is 0 Å². The fourth-order valence-corrected chi connectivity index (χ4v) is 2.84. The summed E-state index contributed by atoms with van der Waals surface area (Å²) in [5, 5.41) is 0. The number of carbonyl (C=O) groups excluding carboxylic acids is 2. The summed E-state index contributed by atoms with van der Waals surface area (Å²) >= 11 is 0. The van der Waals surface area contributed by atoms with Crippen LogP contribution in [0.5, 0.6) is 0 Å². The standard InChI is InChI=1S/C9H10O4/c10-8-5-2-1-4-6(5)7(4)9(11)13-3-12-8/h4-7H,1-3H2. The van der Waals surface area contributed by atoms with Crippen molar-refractivity contribution in [2.75, 3.05) is 6.79 Å². The minimum Gasteiger partial charge on any atom is -0.428 e. The first kappa shape index (κ1) is 7.35. The monoisotopic (exact) mass is 182 g/mol. The van der Waals surface area contributed by atoms with E-state index in [2.05, 4.69) is 0 Å². The predicted octanol–water partition coefficient (Wildman–Crippen LogP) is 0.316. The minimum absolute atomic E-state index is 0.00611. The average molecular weight is 182 g/mol. The Bertz CT molecular complexity index is 285. The van der Waals surface area contributed by atoms with Crippen LogP contribution in [0.15, 0.2) is 0 Å². The Balaban J connectivity index is 1.88. The second-order valence-electron chi connectivity index (χ2n) is 4.00. The summed E-state index contributed by atoms with van der Waals surface area (Å²) in [6.07, 6.45) is 1.86. The molecule has 13 heavy (non-hydrogen) atoms. The van der Waals surface area contributed by atoms with Gasteiger partial charge in [0, 0.05) is 0 Å². The first-order valence-corrected chi connectivity index (χ1v) is 4.62. The predicted molar refractivity (Wildman–Crippen MR) is 40.2 cm³/mol. The maximum Gasteiger partial charge on any atom is 0.312 e. The number of carbonyl (C=O) groups is 2. The molecular formula is C9H10O4. The van der Waals surface area contributed by atoms with E-state index in [1.165, 1.54) is 0 Å². The van der Waals surface area contributed by atoms with Crippen LogP contribution in [0.2, 0.25) is 0 Å². The Kier molecular flexibility index (Phi) is 1.27. The van der Waals surface area contributed by atoms with Crippen molar-refractivity contribution in [3.8, 4) is 0 Å². The van der Waals surface area contributed by atoms with E-state index < -0.39 is 0 Å². The summed E-state index contributed by atoms with van der Waals surface area (Å²) in [5.74, 6) is 0.271. The molecule has 2 saturated carbocycles. The molecule has 0 aromatic carbocycles. The molecule has 4 unspecified atom stereocenters. The van der Waals surface area contributed by atoms with Crippen molar-refractivity contribution in [2.24, 2.45) is 23.7 Å². The summed E-state index contributed by atoms with van der Waals surface area (Å²) < 4.78 is 9.58. The van der Waals surface area contributed by atoms with E-state index in [9.17, 15) is 9.59 Å². The van der Waals surface area contributed by atoms with Gasteiger partial charge in [-0.3, -0.25) is 9.59 Å². The second kappa shape index (κ2) is 2.25. The summed E-state index contributed by atoms with van der Waals surface area (Å²) in [6.45, 7) is -0.190. The fourth-order valence-electron chi connectivity index (χ4n) is 2.84. The number of esters is 2. The second-order valence-corrected chi connectivity index (χ2v) is 4.00. The van der Waals surface area contributed by atoms with Crippen molar-refractivity contribution >= 4 is 11.9 Å². The Morgan fingerprint density at radius 2 is 1.85 bits per heavy atom. The van der Waals surface area contributed by atoms with Crippen LogP contribution < -0.4 is 0 Å². The summed E-state index contributed by atoms with van der Waals surface area (Å²) in [7, 11) is 0. The lowest BCUT2D eigenvalue weighted by molar-refractivity contribution is -0.175. The number of ether oxygens (including phenoxy) is 2. The number of hydrogen-bond donors (Lipinski definition) is 0. The molecule has 1 heterocycles. The van der Waals surface area contributed by atoms with Crippen molar-refractivity contribution in [3.05, 3.63) is 0 Å². The van der Waals surface area contributed by atoms with Gasteiger partial charge in [-0.05, 0) is 24.7 Å². The van der Waals surface area contributed by atoms with Crippen molar-refractivity contribution in [2.45, 2.75) is 12.8 Å². The third-order valence-corrected chi connectivity index (χ3v) is 3.48. The van der Waals surface area contributed by atoms with Gasteiger partial charge >= 0.3 is 11.9 Å². The van der Waals surface area contributed by atoms with Crippen LogP contribution >= 0.6 is 0 Å². The minimum atomic E-state index is -0.190. The molecule has 1 saturated heterocycles. The van der Waals surface area contributed by atoms with Crippen LogP contribution in [0.25, 0.3) is 0 Å². The average Bonchev–Trinajstić information content (AvgIpc) is 2.65. The molecule has 4 atom stereocenters. The van der Waals surface area contributed by atoms with Gasteiger partial charge in [0.05, 0.1) is 11.8 Å². The third kappa shape index (κ3) is 0.857. The van der Waals surface area contributed by atoms with Crippen LogP contribution in [0, 0.1) is 23.7 Å². The zero-order chi connectivity index (χ0) is 9.00. The molecule has 0 bridgehead atoms. The molecule has 0 amide bonds. The van der Waals surface area contributed by atoms with Gasteiger partial charge in [-0.25, -0.2) is 0 Å². The van der Waals surface area contributed by atoms with Crippen molar-refractivity contribution < 1.29 is 19.1 Å². The number of cyclic esters (lactones) is 2. The molecule has 4 heteroatoms. The normalized spacial score (nSPS) is 47.1. The maximum atomic E-state index is 11.4. The molecule has 4 nitrogen and oxygen atoms in total. The number of fused-ring (bicyclic) bond motifs is 1. The molecule has 3 aliphatic rings. The molecule has 0 aromatic heterocycles. The van der Waals surface area contributed by atoms with E-state index in [0.717, 1.165) is 12.8 Å². The highest BCUT2D eigenvalue weighted by atomic mass is 16.7. The van der Waals surface area contributed by atoms with E-state index in [1.807, 2.05) is 0 Å². The fraction of sp³-hybridized carbons (Fsp3) is 0.778. The van der Waals surface area contributed by atoms with Gasteiger partial charge in [-0.15, -0.1) is 0 Å². The maximum absolute atomic E-state index is 11.4. The summed E-state index contributed by atoms with van der Waals surface area (Å²) in [5.41, 5.74) is 0. The lowest BCUT2D eigenvalue weighted by atomic mass is 10.00. The first-order valence-electron chi connectivity index (χ1n) is 4.62. The third-order valence-electron chi connectivity index (χ3n) is 3.48. The van der Waals surface area contributed by atoms with Crippen LogP contribution in [0.1, 0.15) is 12.8 Å². The Hall–Kier alpha value is -1.06. The van der Waals surface area contributed by atoms with Crippen molar-refractivity contribution in [1.82, 2.24) is 0 Å². The molecular weight excluding hydrogens is 172 g/mol. The highest BCUT2D eigenvalue weighted by Crippen LogP contribution is 2.61. The Morgan fingerprint density at radius 3 is 2.69 bits per heavy atom. The molecule has 3 fully saturated rings. The molecule has 0 radical (unpaired) electrons. The zero-order valence-corrected chi connectivity index (χ0v) is 7.06. The molecule has 2 aliphatic carbocycles.